The molecule has 2 rings (SSSR count). The molecule has 0 amide bonds. The van der Waals surface area contributed by atoms with Crippen LogP contribution in [0.15, 0.2) is 5.38 Å². The van der Waals surface area contributed by atoms with Gasteiger partial charge in [0.2, 0.25) is 0 Å². The van der Waals surface area contributed by atoms with Crippen LogP contribution in [0.25, 0.3) is 0 Å². The maximum atomic E-state index is 4.64. The second-order valence-corrected chi connectivity index (χ2v) is 4.74. The lowest BCUT2D eigenvalue weighted by atomic mass is 10.2. The Hall–Kier alpha value is -0.570. The molecule has 0 atom stereocenters. The minimum atomic E-state index is 0.563. The molecule has 0 saturated carbocycles. The fourth-order valence-corrected chi connectivity index (χ4v) is 2.64. The Morgan fingerprint density at radius 2 is 2.08 bits per heavy atom. The zero-order valence-corrected chi connectivity index (χ0v) is 9.10. The molecule has 0 radical (unpaired) electrons. The lowest BCUT2D eigenvalue weighted by molar-refractivity contribution is 0.825. The van der Waals surface area contributed by atoms with Gasteiger partial charge in [-0.1, -0.05) is 13.8 Å². The summed E-state index contributed by atoms with van der Waals surface area (Å²) < 4.78 is 0. The highest BCUT2D eigenvalue weighted by Crippen LogP contribution is 2.27. The van der Waals surface area contributed by atoms with Crippen LogP contribution in [0.3, 0.4) is 0 Å². The first kappa shape index (κ1) is 9.00. The van der Waals surface area contributed by atoms with E-state index in [1.165, 1.54) is 36.8 Å². The van der Waals surface area contributed by atoms with Crippen LogP contribution in [0, 0.1) is 0 Å². The third kappa shape index (κ3) is 1.85. The van der Waals surface area contributed by atoms with Crippen LogP contribution in [0.2, 0.25) is 0 Å². The summed E-state index contributed by atoms with van der Waals surface area (Å²) in [5, 5.41) is 3.42. The molecule has 0 unspecified atom stereocenters. The van der Waals surface area contributed by atoms with Gasteiger partial charge in [-0.15, -0.1) is 11.3 Å². The van der Waals surface area contributed by atoms with Gasteiger partial charge in [0.15, 0.2) is 5.13 Å². The van der Waals surface area contributed by atoms with Gasteiger partial charge in [-0.05, 0) is 18.8 Å². The number of aromatic nitrogens is 1. The molecule has 72 valence electrons. The maximum Gasteiger partial charge on any atom is 0.185 e. The molecule has 2 heterocycles. The van der Waals surface area contributed by atoms with Crippen molar-refractivity contribution in [1.82, 2.24) is 4.98 Å². The van der Waals surface area contributed by atoms with Crippen LogP contribution in [0.1, 0.15) is 38.3 Å². The fraction of sp³-hybridized carbons (Fsp3) is 0.700. The molecular formula is C10H16N2S. The topological polar surface area (TPSA) is 16.1 Å². The van der Waals surface area contributed by atoms with E-state index < -0.39 is 0 Å². The van der Waals surface area contributed by atoms with Crippen molar-refractivity contribution in [3.63, 3.8) is 0 Å². The number of nitrogens with zero attached hydrogens (tertiary/aromatic N) is 2. The van der Waals surface area contributed by atoms with E-state index in [1.807, 2.05) is 0 Å². The number of rotatable bonds is 2. The van der Waals surface area contributed by atoms with E-state index in [0.29, 0.717) is 5.92 Å². The Bertz CT molecular complexity index is 274. The van der Waals surface area contributed by atoms with E-state index in [2.05, 4.69) is 29.1 Å². The van der Waals surface area contributed by atoms with Crippen LogP contribution >= 0.6 is 11.3 Å². The molecule has 1 aromatic heterocycles. The SMILES string of the molecule is CC(C)c1csc(N2CCCC2)n1. The van der Waals surface area contributed by atoms with Gasteiger partial charge in [-0.25, -0.2) is 4.98 Å². The van der Waals surface area contributed by atoms with Gasteiger partial charge in [0.25, 0.3) is 0 Å². The van der Waals surface area contributed by atoms with E-state index >= 15 is 0 Å². The molecule has 0 spiro atoms. The monoisotopic (exact) mass is 196 g/mol. The van der Waals surface area contributed by atoms with E-state index in [0.717, 1.165) is 0 Å². The van der Waals surface area contributed by atoms with Gasteiger partial charge < -0.3 is 4.90 Å². The number of hydrogen-bond acceptors (Lipinski definition) is 3. The van der Waals surface area contributed by atoms with Crippen molar-refractivity contribution in [2.75, 3.05) is 18.0 Å². The number of hydrogen-bond donors (Lipinski definition) is 0. The van der Waals surface area contributed by atoms with Crippen molar-refractivity contribution < 1.29 is 0 Å². The molecule has 1 aromatic rings. The van der Waals surface area contributed by atoms with Crippen LogP contribution in [-0.2, 0) is 0 Å². The largest absolute Gasteiger partial charge is 0.348 e. The molecule has 1 aliphatic heterocycles. The first-order valence-corrected chi connectivity index (χ1v) is 5.85. The van der Waals surface area contributed by atoms with E-state index in [4.69, 9.17) is 0 Å². The molecule has 0 N–H and O–H groups in total. The van der Waals surface area contributed by atoms with Crippen LogP contribution < -0.4 is 4.90 Å². The average Bonchev–Trinajstić information content (AvgIpc) is 2.75. The second-order valence-electron chi connectivity index (χ2n) is 3.90. The van der Waals surface area contributed by atoms with Crippen molar-refractivity contribution in [3.8, 4) is 0 Å². The zero-order valence-electron chi connectivity index (χ0n) is 8.29. The molecule has 1 saturated heterocycles. The van der Waals surface area contributed by atoms with Crippen LogP contribution in [-0.4, -0.2) is 18.1 Å². The van der Waals surface area contributed by atoms with Gasteiger partial charge in [0.1, 0.15) is 0 Å². The van der Waals surface area contributed by atoms with Crippen molar-refractivity contribution in [1.29, 1.82) is 0 Å². The summed E-state index contributed by atoms with van der Waals surface area (Å²) in [6.07, 6.45) is 2.66. The van der Waals surface area contributed by atoms with Crippen molar-refractivity contribution in [2.24, 2.45) is 0 Å². The average molecular weight is 196 g/mol. The molecule has 13 heavy (non-hydrogen) atoms. The van der Waals surface area contributed by atoms with Crippen molar-refractivity contribution in [2.45, 2.75) is 32.6 Å². The first-order chi connectivity index (χ1) is 6.27. The normalized spacial score (nSPS) is 17.3. The summed E-state index contributed by atoms with van der Waals surface area (Å²) in [4.78, 5) is 7.04. The third-order valence-corrected chi connectivity index (χ3v) is 3.40. The van der Waals surface area contributed by atoms with Gasteiger partial charge in [0.05, 0.1) is 5.69 Å². The molecule has 3 heteroatoms. The van der Waals surface area contributed by atoms with Gasteiger partial charge in [-0.2, -0.15) is 0 Å². The summed E-state index contributed by atoms with van der Waals surface area (Å²) in [5.74, 6) is 0.563. The molecule has 2 nitrogen and oxygen atoms in total. The molecule has 0 aliphatic carbocycles. The van der Waals surface area contributed by atoms with Crippen LogP contribution in [0.4, 0.5) is 5.13 Å². The lowest BCUT2D eigenvalue weighted by Crippen LogP contribution is -2.17. The Labute approximate surface area is 83.6 Å². The summed E-state index contributed by atoms with van der Waals surface area (Å²) in [6, 6.07) is 0. The van der Waals surface area contributed by atoms with E-state index in [1.54, 1.807) is 11.3 Å². The highest BCUT2D eigenvalue weighted by Gasteiger charge is 2.16. The zero-order chi connectivity index (χ0) is 9.26. The Kier molecular flexibility index (Phi) is 2.54. The standard InChI is InChI=1S/C10H16N2S/c1-8(2)9-7-13-10(11-9)12-5-3-4-6-12/h7-8H,3-6H2,1-2H3. The van der Waals surface area contributed by atoms with Crippen molar-refractivity contribution in [3.05, 3.63) is 11.1 Å². The number of thiazole rings is 1. The highest BCUT2D eigenvalue weighted by molar-refractivity contribution is 7.13. The highest BCUT2D eigenvalue weighted by atomic mass is 32.1. The molecule has 0 bridgehead atoms. The summed E-state index contributed by atoms with van der Waals surface area (Å²) in [6.45, 7) is 6.79. The molecule has 0 aromatic carbocycles. The maximum absolute atomic E-state index is 4.64. The molecular weight excluding hydrogens is 180 g/mol. The van der Waals surface area contributed by atoms with Gasteiger partial charge in [-0.3, -0.25) is 0 Å². The summed E-state index contributed by atoms with van der Waals surface area (Å²) in [5.41, 5.74) is 1.24. The molecule has 1 aliphatic rings. The predicted molar refractivity (Wildman–Crippen MR) is 57.7 cm³/mol. The summed E-state index contributed by atoms with van der Waals surface area (Å²) in [7, 11) is 0. The van der Waals surface area contributed by atoms with Crippen molar-refractivity contribution >= 4 is 16.5 Å². The van der Waals surface area contributed by atoms with Gasteiger partial charge in [0, 0.05) is 18.5 Å². The van der Waals surface area contributed by atoms with E-state index in [9.17, 15) is 0 Å². The minimum Gasteiger partial charge on any atom is -0.348 e. The fourth-order valence-electron chi connectivity index (χ4n) is 1.60. The Morgan fingerprint density at radius 3 is 2.62 bits per heavy atom. The Balaban J connectivity index is 2.12. The third-order valence-electron chi connectivity index (χ3n) is 2.48. The Morgan fingerprint density at radius 1 is 1.38 bits per heavy atom. The first-order valence-electron chi connectivity index (χ1n) is 4.98. The number of anilines is 1. The summed E-state index contributed by atoms with van der Waals surface area (Å²) >= 11 is 1.79. The van der Waals surface area contributed by atoms with Gasteiger partial charge >= 0.3 is 0 Å². The predicted octanol–water partition coefficient (Wildman–Crippen LogP) is 2.87. The smallest absolute Gasteiger partial charge is 0.185 e. The quantitative estimate of drug-likeness (QED) is 0.723. The van der Waals surface area contributed by atoms with Crippen LogP contribution in [0.5, 0.6) is 0 Å². The second kappa shape index (κ2) is 3.66. The minimum absolute atomic E-state index is 0.563. The lowest BCUT2D eigenvalue weighted by Gasteiger charge is -2.12. The van der Waals surface area contributed by atoms with E-state index in [-0.39, 0.29) is 0 Å². The molecule has 1 fully saturated rings.